The van der Waals surface area contributed by atoms with Crippen LogP contribution < -0.4 is 5.73 Å². The molecule has 2 rings (SSSR count). The highest BCUT2D eigenvalue weighted by atomic mass is 35.5. The zero-order chi connectivity index (χ0) is 15.8. The molecule has 0 amide bonds. The van der Waals surface area contributed by atoms with Crippen LogP contribution in [0.1, 0.15) is 22.7 Å². The molecule has 0 aliphatic rings. The van der Waals surface area contributed by atoms with Crippen molar-refractivity contribution < 1.29 is 22.0 Å². The molecule has 2 N–H and O–H groups in total. The van der Waals surface area contributed by atoms with Gasteiger partial charge >= 0.3 is 6.18 Å². The molecule has 112 valence electrons. The minimum atomic E-state index is -4.63. The smallest absolute Gasteiger partial charge is 0.320 e. The number of benzene rings is 2. The van der Waals surface area contributed by atoms with Gasteiger partial charge in [0.15, 0.2) is 0 Å². The minimum Gasteiger partial charge on any atom is -0.320 e. The molecule has 0 aliphatic heterocycles. The fourth-order valence-electron chi connectivity index (χ4n) is 1.88. The number of alkyl halides is 3. The molecule has 0 saturated carbocycles. The Balaban J connectivity index is 2.52. The lowest BCUT2D eigenvalue weighted by atomic mass is 9.97. The molecule has 1 atom stereocenters. The quantitative estimate of drug-likeness (QED) is 0.798. The maximum atomic E-state index is 13.7. The maximum absolute atomic E-state index is 13.7. The predicted molar refractivity (Wildman–Crippen MR) is 68.8 cm³/mol. The van der Waals surface area contributed by atoms with Crippen LogP contribution in [-0.2, 0) is 6.18 Å². The molecular weight excluding hydrogens is 313 g/mol. The van der Waals surface area contributed by atoms with Gasteiger partial charge in [-0.25, -0.2) is 8.78 Å². The van der Waals surface area contributed by atoms with E-state index in [2.05, 4.69) is 0 Å². The molecule has 0 radical (unpaired) electrons. The lowest BCUT2D eigenvalue weighted by Crippen LogP contribution is -2.16. The Labute approximate surface area is 122 Å². The first-order valence-corrected chi connectivity index (χ1v) is 6.15. The van der Waals surface area contributed by atoms with Gasteiger partial charge in [0, 0.05) is 10.6 Å². The molecule has 0 spiro atoms. The molecule has 0 saturated heterocycles. The average Bonchev–Trinajstić information content (AvgIpc) is 2.40. The van der Waals surface area contributed by atoms with Crippen LogP contribution in [0.15, 0.2) is 36.4 Å². The summed E-state index contributed by atoms with van der Waals surface area (Å²) in [4.78, 5) is 0. The lowest BCUT2D eigenvalue weighted by molar-refractivity contribution is -0.137. The van der Waals surface area contributed by atoms with E-state index in [1.165, 1.54) is 6.07 Å². The monoisotopic (exact) mass is 321 g/mol. The van der Waals surface area contributed by atoms with Crippen LogP contribution in [0, 0.1) is 11.6 Å². The van der Waals surface area contributed by atoms with E-state index in [-0.39, 0.29) is 10.6 Å². The molecule has 21 heavy (non-hydrogen) atoms. The molecule has 1 unspecified atom stereocenters. The van der Waals surface area contributed by atoms with Crippen LogP contribution in [0.4, 0.5) is 22.0 Å². The van der Waals surface area contributed by atoms with Crippen molar-refractivity contribution >= 4 is 11.6 Å². The molecule has 0 fully saturated rings. The zero-order valence-corrected chi connectivity index (χ0v) is 11.1. The standard InChI is InChI=1S/C14H9ClF5N/c15-11-3-2-8(16)6-9(11)13(21)10-5-7(14(18,19)20)1-4-12(10)17/h1-6,13H,21H2. The van der Waals surface area contributed by atoms with Crippen LogP contribution in [-0.4, -0.2) is 0 Å². The number of rotatable bonds is 2. The van der Waals surface area contributed by atoms with Crippen molar-refractivity contribution in [1.29, 1.82) is 0 Å². The summed E-state index contributed by atoms with van der Waals surface area (Å²) < 4.78 is 64.9. The summed E-state index contributed by atoms with van der Waals surface area (Å²) in [6.07, 6.45) is -4.63. The maximum Gasteiger partial charge on any atom is 0.416 e. The number of hydrogen-bond donors (Lipinski definition) is 1. The van der Waals surface area contributed by atoms with Crippen molar-refractivity contribution in [2.75, 3.05) is 0 Å². The first-order chi connectivity index (χ1) is 9.70. The van der Waals surface area contributed by atoms with E-state index < -0.39 is 35.0 Å². The van der Waals surface area contributed by atoms with Crippen molar-refractivity contribution in [1.82, 2.24) is 0 Å². The van der Waals surface area contributed by atoms with E-state index in [9.17, 15) is 22.0 Å². The Morgan fingerprint density at radius 1 is 0.952 bits per heavy atom. The summed E-state index contributed by atoms with van der Waals surface area (Å²) in [5, 5.41) is 0.0423. The Hall–Kier alpha value is -1.66. The number of halogens is 6. The van der Waals surface area contributed by atoms with Gasteiger partial charge in [-0.1, -0.05) is 11.6 Å². The van der Waals surface area contributed by atoms with Crippen molar-refractivity contribution in [2.24, 2.45) is 5.73 Å². The van der Waals surface area contributed by atoms with Crippen molar-refractivity contribution in [3.8, 4) is 0 Å². The highest BCUT2D eigenvalue weighted by Crippen LogP contribution is 2.34. The fraction of sp³-hybridized carbons (Fsp3) is 0.143. The minimum absolute atomic E-state index is 0.00916. The molecular formula is C14H9ClF5N. The summed E-state index contributed by atoms with van der Waals surface area (Å²) in [5.41, 5.74) is 4.30. The van der Waals surface area contributed by atoms with Gasteiger partial charge in [0.2, 0.25) is 0 Å². The average molecular weight is 322 g/mol. The van der Waals surface area contributed by atoms with Gasteiger partial charge in [0.25, 0.3) is 0 Å². The normalized spacial score (nSPS) is 13.3. The van der Waals surface area contributed by atoms with Crippen molar-refractivity contribution in [3.63, 3.8) is 0 Å². The van der Waals surface area contributed by atoms with Gasteiger partial charge in [-0.15, -0.1) is 0 Å². The van der Waals surface area contributed by atoms with Crippen molar-refractivity contribution in [3.05, 3.63) is 69.7 Å². The van der Waals surface area contributed by atoms with E-state index in [0.717, 1.165) is 12.1 Å². The van der Waals surface area contributed by atoms with Gasteiger partial charge in [-0.2, -0.15) is 13.2 Å². The first kappa shape index (κ1) is 15.7. The van der Waals surface area contributed by atoms with Gasteiger partial charge in [0.05, 0.1) is 11.6 Å². The summed E-state index contributed by atoms with van der Waals surface area (Å²) in [6, 6.07) is 3.81. The summed E-state index contributed by atoms with van der Waals surface area (Å²) in [7, 11) is 0. The molecule has 0 aromatic heterocycles. The van der Waals surface area contributed by atoms with E-state index in [1.807, 2.05) is 0 Å². The van der Waals surface area contributed by atoms with E-state index in [4.69, 9.17) is 17.3 Å². The molecule has 7 heteroatoms. The molecule has 2 aromatic carbocycles. The molecule has 0 heterocycles. The van der Waals surface area contributed by atoms with Gasteiger partial charge < -0.3 is 5.73 Å². The van der Waals surface area contributed by atoms with Crippen LogP contribution in [0.2, 0.25) is 5.02 Å². The molecule has 0 bridgehead atoms. The van der Waals surface area contributed by atoms with Gasteiger partial charge in [0.1, 0.15) is 11.6 Å². The second-order valence-electron chi connectivity index (χ2n) is 4.38. The van der Waals surface area contributed by atoms with Crippen molar-refractivity contribution in [2.45, 2.75) is 12.2 Å². The lowest BCUT2D eigenvalue weighted by Gasteiger charge is -2.17. The van der Waals surface area contributed by atoms with Crippen LogP contribution in [0.25, 0.3) is 0 Å². The van der Waals surface area contributed by atoms with E-state index in [1.54, 1.807) is 0 Å². The predicted octanol–water partition coefficient (Wildman–Crippen LogP) is 4.69. The highest BCUT2D eigenvalue weighted by Gasteiger charge is 2.32. The van der Waals surface area contributed by atoms with Crippen LogP contribution in [0.5, 0.6) is 0 Å². The summed E-state index contributed by atoms with van der Waals surface area (Å²) >= 11 is 5.83. The van der Waals surface area contributed by atoms with Crippen LogP contribution >= 0.6 is 11.6 Å². The largest absolute Gasteiger partial charge is 0.416 e. The van der Waals surface area contributed by atoms with Crippen LogP contribution in [0.3, 0.4) is 0 Å². The Morgan fingerprint density at radius 3 is 2.24 bits per heavy atom. The number of nitrogens with two attached hydrogens (primary N) is 1. The van der Waals surface area contributed by atoms with Gasteiger partial charge in [-0.3, -0.25) is 0 Å². The summed E-state index contributed by atoms with van der Waals surface area (Å²) in [5.74, 6) is -1.59. The Morgan fingerprint density at radius 2 is 1.62 bits per heavy atom. The summed E-state index contributed by atoms with van der Waals surface area (Å²) in [6.45, 7) is 0. The highest BCUT2D eigenvalue weighted by molar-refractivity contribution is 6.31. The number of hydrogen-bond acceptors (Lipinski definition) is 1. The topological polar surface area (TPSA) is 26.0 Å². The Kier molecular flexibility index (Phi) is 4.20. The Bertz CT molecular complexity index is 669. The SMILES string of the molecule is NC(c1cc(C(F)(F)F)ccc1F)c1cc(F)ccc1Cl. The molecule has 1 nitrogen and oxygen atoms in total. The first-order valence-electron chi connectivity index (χ1n) is 5.77. The fourth-order valence-corrected chi connectivity index (χ4v) is 2.11. The van der Waals surface area contributed by atoms with E-state index in [0.29, 0.717) is 18.2 Å². The second-order valence-corrected chi connectivity index (χ2v) is 4.78. The van der Waals surface area contributed by atoms with Gasteiger partial charge in [-0.05, 0) is 42.0 Å². The third-order valence-corrected chi connectivity index (χ3v) is 3.30. The third-order valence-electron chi connectivity index (χ3n) is 2.95. The molecule has 2 aromatic rings. The van der Waals surface area contributed by atoms with E-state index >= 15 is 0 Å². The molecule has 0 aliphatic carbocycles. The third kappa shape index (κ3) is 3.33. The second kappa shape index (κ2) is 5.61. The zero-order valence-electron chi connectivity index (χ0n) is 10.4.